The van der Waals surface area contributed by atoms with Crippen molar-refractivity contribution in [2.24, 2.45) is 5.73 Å². The van der Waals surface area contributed by atoms with Crippen LogP contribution in [-0.4, -0.2) is 25.7 Å². The Morgan fingerprint density at radius 1 is 0.333 bits per heavy atom. The highest BCUT2D eigenvalue weighted by Gasteiger charge is 2.18. The zero-order valence-electron chi connectivity index (χ0n) is 40.7. The van der Waals surface area contributed by atoms with Crippen LogP contribution in [0.15, 0.2) is 12.1 Å². The van der Waals surface area contributed by atoms with Crippen LogP contribution in [0.25, 0.3) is 0 Å². The maximum Gasteiger partial charge on any atom is 0.248 e. The van der Waals surface area contributed by atoms with E-state index in [4.69, 9.17) is 19.9 Å². The Morgan fingerprint density at radius 2 is 0.533 bits per heavy atom. The SMILES string of the molecule is CCCCCCCCCCCCCCCCOc1cc(C(N)=O)cc(OCCCCCCCCCCCCCCCC)c1OCCCCCCCCCCCCCCCC. The first kappa shape index (κ1) is 56.1. The van der Waals surface area contributed by atoms with Gasteiger partial charge < -0.3 is 19.9 Å². The quantitative estimate of drug-likeness (QED) is 0.0664. The molecule has 0 atom stereocenters. The fourth-order valence-corrected chi connectivity index (χ4v) is 8.50. The van der Waals surface area contributed by atoms with Gasteiger partial charge in [0.05, 0.1) is 19.8 Å². The molecule has 1 aromatic rings. The van der Waals surface area contributed by atoms with Gasteiger partial charge in [0.15, 0.2) is 11.5 Å². The zero-order chi connectivity index (χ0) is 43.2. The summed E-state index contributed by atoms with van der Waals surface area (Å²) in [6.07, 6.45) is 55.9. The molecule has 0 spiro atoms. The summed E-state index contributed by atoms with van der Waals surface area (Å²) in [4.78, 5) is 12.4. The summed E-state index contributed by atoms with van der Waals surface area (Å²) in [5.74, 6) is 1.38. The number of hydrogen-bond donors (Lipinski definition) is 1. The number of ether oxygens (including phenoxy) is 3. The van der Waals surface area contributed by atoms with Crippen LogP contribution >= 0.6 is 0 Å². The summed E-state index contributed by atoms with van der Waals surface area (Å²) in [6, 6.07) is 3.54. The van der Waals surface area contributed by atoms with Crippen LogP contribution < -0.4 is 19.9 Å². The molecule has 5 heteroatoms. The van der Waals surface area contributed by atoms with Crippen molar-refractivity contribution in [3.63, 3.8) is 0 Å². The van der Waals surface area contributed by atoms with Gasteiger partial charge in [0.25, 0.3) is 0 Å². The minimum absolute atomic E-state index is 0.422. The van der Waals surface area contributed by atoms with E-state index in [2.05, 4.69) is 20.8 Å². The van der Waals surface area contributed by atoms with Crippen LogP contribution in [0.4, 0.5) is 0 Å². The molecule has 0 bridgehead atoms. The lowest BCUT2D eigenvalue weighted by atomic mass is 10.0. The lowest BCUT2D eigenvalue weighted by molar-refractivity contribution is 0.0999. The molecule has 2 N–H and O–H groups in total. The number of carbonyl (C=O) groups excluding carboxylic acids is 1. The summed E-state index contributed by atoms with van der Waals surface area (Å²) in [5, 5.41) is 0. The van der Waals surface area contributed by atoms with Crippen molar-refractivity contribution in [3.8, 4) is 17.2 Å². The predicted molar refractivity (Wildman–Crippen MR) is 262 cm³/mol. The fraction of sp³-hybridized carbons (Fsp3) is 0.873. The normalized spacial score (nSPS) is 11.4. The Hall–Kier alpha value is -1.91. The highest BCUT2D eigenvalue weighted by atomic mass is 16.5. The van der Waals surface area contributed by atoms with E-state index in [0.29, 0.717) is 42.6 Å². The van der Waals surface area contributed by atoms with Gasteiger partial charge in [0.2, 0.25) is 11.7 Å². The summed E-state index contributed by atoms with van der Waals surface area (Å²) < 4.78 is 19.2. The minimum atomic E-state index is -0.462. The molecule has 0 aliphatic carbocycles. The van der Waals surface area contributed by atoms with Crippen LogP contribution in [0.3, 0.4) is 0 Å². The van der Waals surface area contributed by atoms with Crippen LogP contribution in [-0.2, 0) is 0 Å². The molecule has 60 heavy (non-hydrogen) atoms. The van der Waals surface area contributed by atoms with Gasteiger partial charge in [0.1, 0.15) is 0 Å². The highest BCUT2D eigenvalue weighted by molar-refractivity contribution is 5.94. The number of carbonyl (C=O) groups is 1. The second kappa shape index (κ2) is 45.1. The molecule has 352 valence electrons. The van der Waals surface area contributed by atoms with Crippen LogP contribution in [0.5, 0.6) is 17.2 Å². The van der Waals surface area contributed by atoms with Gasteiger partial charge in [0, 0.05) is 5.56 Å². The molecule has 0 saturated heterocycles. The molecule has 0 radical (unpaired) electrons. The van der Waals surface area contributed by atoms with Crippen molar-refractivity contribution in [1.82, 2.24) is 0 Å². The molecule has 0 unspecified atom stereocenters. The second-order valence-corrected chi connectivity index (χ2v) is 18.5. The summed E-state index contributed by atoms with van der Waals surface area (Å²) >= 11 is 0. The maximum atomic E-state index is 12.4. The number of nitrogens with two attached hydrogens (primary N) is 1. The first-order valence-electron chi connectivity index (χ1n) is 27.0. The second-order valence-electron chi connectivity index (χ2n) is 18.5. The van der Waals surface area contributed by atoms with E-state index in [0.717, 1.165) is 32.1 Å². The molecule has 0 aliphatic rings. The van der Waals surface area contributed by atoms with Crippen molar-refractivity contribution in [3.05, 3.63) is 17.7 Å². The number of primary amides is 1. The highest BCUT2D eigenvalue weighted by Crippen LogP contribution is 2.39. The fourth-order valence-electron chi connectivity index (χ4n) is 8.50. The number of rotatable bonds is 49. The third-order valence-corrected chi connectivity index (χ3v) is 12.6. The monoisotopic (exact) mass is 842 g/mol. The standard InChI is InChI=1S/C55H103NO4/c1-4-7-10-13-16-19-22-25-28-31-34-37-40-43-46-58-52-49-51(55(56)57)50-53(59-47-44-41-38-35-32-29-26-23-20-17-14-11-8-5-2)54(52)60-48-45-42-39-36-33-30-27-24-21-18-15-12-9-6-3/h49-50H,4-48H2,1-3H3,(H2,56,57). The Labute approximate surface area is 374 Å². The van der Waals surface area contributed by atoms with Gasteiger partial charge in [-0.3, -0.25) is 4.79 Å². The van der Waals surface area contributed by atoms with Gasteiger partial charge in [-0.15, -0.1) is 0 Å². The smallest absolute Gasteiger partial charge is 0.248 e. The van der Waals surface area contributed by atoms with Gasteiger partial charge in [-0.05, 0) is 31.4 Å². The largest absolute Gasteiger partial charge is 0.490 e. The van der Waals surface area contributed by atoms with Crippen molar-refractivity contribution in [2.45, 2.75) is 290 Å². The lowest BCUT2D eigenvalue weighted by Gasteiger charge is -2.18. The van der Waals surface area contributed by atoms with Gasteiger partial charge in [-0.2, -0.15) is 0 Å². The molecule has 0 aromatic heterocycles. The van der Waals surface area contributed by atoms with E-state index in [1.54, 1.807) is 12.1 Å². The van der Waals surface area contributed by atoms with Crippen molar-refractivity contribution in [1.29, 1.82) is 0 Å². The zero-order valence-corrected chi connectivity index (χ0v) is 40.7. The third kappa shape index (κ3) is 35.7. The number of benzene rings is 1. The van der Waals surface area contributed by atoms with Crippen molar-refractivity contribution in [2.75, 3.05) is 19.8 Å². The predicted octanol–water partition coefficient (Wildman–Crippen LogP) is 18.4. The summed E-state index contributed by atoms with van der Waals surface area (Å²) in [5.41, 5.74) is 6.24. The molecule has 1 amide bonds. The molecule has 1 rings (SSSR count). The van der Waals surface area contributed by atoms with Crippen LogP contribution in [0.1, 0.15) is 301 Å². The molecule has 0 saturated carbocycles. The van der Waals surface area contributed by atoms with E-state index >= 15 is 0 Å². The molecule has 5 nitrogen and oxygen atoms in total. The first-order chi connectivity index (χ1) is 29.6. The topological polar surface area (TPSA) is 70.8 Å². The Balaban J connectivity index is 2.50. The molecule has 0 heterocycles. The molecular formula is C55H103NO4. The molecule has 1 aromatic carbocycles. The van der Waals surface area contributed by atoms with Gasteiger partial charge in [-0.25, -0.2) is 0 Å². The van der Waals surface area contributed by atoms with E-state index in [1.807, 2.05) is 0 Å². The third-order valence-electron chi connectivity index (χ3n) is 12.6. The van der Waals surface area contributed by atoms with Gasteiger partial charge >= 0.3 is 0 Å². The maximum absolute atomic E-state index is 12.4. The molecule has 0 fully saturated rings. The lowest BCUT2D eigenvalue weighted by Crippen LogP contribution is -2.13. The van der Waals surface area contributed by atoms with Crippen LogP contribution in [0, 0.1) is 0 Å². The molecule has 0 aliphatic heterocycles. The average Bonchev–Trinajstić information content (AvgIpc) is 3.25. The summed E-state index contributed by atoms with van der Waals surface area (Å²) in [6.45, 7) is 8.70. The Morgan fingerprint density at radius 3 is 0.750 bits per heavy atom. The van der Waals surface area contributed by atoms with E-state index in [-0.39, 0.29) is 0 Å². The summed E-state index contributed by atoms with van der Waals surface area (Å²) in [7, 11) is 0. The Kier molecular flexibility index (Phi) is 42.2. The van der Waals surface area contributed by atoms with Gasteiger partial charge in [-0.1, -0.05) is 271 Å². The van der Waals surface area contributed by atoms with Crippen molar-refractivity contribution < 1.29 is 19.0 Å². The van der Waals surface area contributed by atoms with E-state index < -0.39 is 5.91 Å². The number of unbranched alkanes of at least 4 members (excludes halogenated alkanes) is 39. The van der Waals surface area contributed by atoms with E-state index in [9.17, 15) is 4.79 Å². The van der Waals surface area contributed by atoms with Crippen molar-refractivity contribution >= 4 is 5.91 Å². The van der Waals surface area contributed by atoms with Crippen LogP contribution in [0.2, 0.25) is 0 Å². The first-order valence-corrected chi connectivity index (χ1v) is 27.0. The number of hydrogen-bond acceptors (Lipinski definition) is 4. The molecular weight excluding hydrogens is 739 g/mol. The number of amides is 1. The Bertz CT molecular complexity index is 988. The average molecular weight is 842 g/mol. The van der Waals surface area contributed by atoms with E-state index in [1.165, 1.54) is 238 Å². The minimum Gasteiger partial charge on any atom is -0.490 e.